The second-order valence-corrected chi connectivity index (χ2v) is 49.6. The summed E-state index contributed by atoms with van der Waals surface area (Å²) in [6.07, 6.45) is 14.5. The van der Waals surface area contributed by atoms with Crippen molar-refractivity contribution in [3.05, 3.63) is 294 Å². The highest BCUT2D eigenvalue weighted by Gasteiger charge is 2.31. The highest BCUT2D eigenvalue weighted by molar-refractivity contribution is 7.90. The second kappa shape index (κ2) is 47.7. The lowest BCUT2D eigenvalue weighted by Gasteiger charge is -2.21. The van der Waals surface area contributed by atoms with E-state index < -0.39 is 80.3 Å². The predicted molar refractivity (Wildman–Crippen MR) is 597 cm³/mol. The van der Waals surface area contributed by atoms with Gasteiger partial charge in [-0.3, -0.25) is 24.7 Å². The lowest BCUT2D eigenvalue weighted by Crippen LogP contribution is -2.35. The molecule has 2 aliphatic rings. The van der Waals surface area contributed by atoms with E-state index in [0.717, 1.165) is 160 Å². The van der Waals surface area contributed by atoms with Crippen molar-refractivity contribution >= 4 is 163 Å². The predicted octanol–water partition coefficient (Wildman–Crippen LogP) is 22.0. The summed E-state index contributed by atoms with van der Waals surface area (Å²) in [5.74, 6) is -0.0766. The molecular formula is C110H136N20O15S5. The van der Waals surface area contributed by atoms with Gasteiger partial charge in [-0.2, -0.15) is 25.5 Å². The Kier molecular flexibility index (Phi) is 35.8. The van der Waals surface area contributed by atoms with Crippen molar-refractivity contribution in [2.24, 2.45) is 14.1 Å². The van der Waals surface area contributed by atoms with Crippen LogP contribution in [0.4, 0.5) is 52.4 Å². The lowest BCUT2D eigenvalue weighted by molar-refractivity contribution is 0.255. The largest absolute Gasteiger partial charge is 0.332 e. The maximum atomic E-state index is 12.7. The van der Waals surface area contributed by atoms with Crippen LogP contribution < -0.4 is 50.2 Å². The van der Waals surface area contributed by atoms with Crippen molar-refractivity contribution in [2.75, 3.05) is 26.6 Å². The summed E-state index contributed by atoms with van der Waals surface area (Å²) in [5.41, 5.74) is 26.4. The fourth-order valence-corrected chi connectivity index (χ4v) is 23.9. The van der Waals surface area contributed by atoms with Crippen molar-refractivity contribution in [2.45, 2.75) is 246 Å². The number of fused-ring (bicyclic) bond motifs is 7. The molecule has 17 rings (SSSR count). The third kappa shape index (κ3) is 29.4. The summed E-state index contributed by atoms with van der Waals surface area (Å²) >= 11 is 0. The van der Waals surface area contributed by atoms with E-state index in [-0.39, 0.29) is 76.1 Å². The Hall–Kier alpha value is -14.4. The van der Waals surface area contributed by atoms with Gasteiger partial charge in [-0.15, -0.1) is 0 Å². The van der Waals surface area contributed by atoms with E-state index in [0.29, 0.717) is 50.6 Å². The number of aromatic nitrogens is 10. The molecule has 0 fully saturated rings. The standard InChI is InChI=1S/2C23H30N4O3S.C22H28N4O3S.C21H22N4O3S.C21H26N4O3S/c2*1-14(2)19-9-16(5)10-20(15(3)4)22(19)25-23(28)26-31(29,30)13-17-7-8-18-12-24-27(6)21(18)11-17;1-13(2)18-8-15(5)9-19(14(3)4)21(18)24-22(27)26-30(28,29)12-16-6-7-17-11-23-25-20(17)10-16;26-21(23-20-17-5-1-3-14(17)10-15-4-2-6-18(15)20)25-29(27,28)12-13-7-8-16-11-22-24-19(16)9-13;1-13(2)17-6-5-7-18(14(3)4)20(17)23-21(26)25-29(27,28)12-15-8-9-16-11-22-24-19(16)10-15/h2*7-12,14-15H,13H2,1-6H3,(H2,25,26,28);6-11,13-14H,12H2,1-5H3,(H,23,25)(H2,24,26,27);7-11H,1-6,12H2,(H,22,24)(H2,23,25,26);5-11,13-14H,12H2,1-4H3,(H,22,24)(H2,23,25,26). The molecule has 0 atom stereocenters. The van der Waals surface area contributed by atoms with Crippen LogP contribution in [0, 0.1) is 20.8 Å². The van der Waals surface area contributed by atoms with Crippen LogP contribution in [0.15, 0.2) is 183 Å². The first-order valence-electron chi connectivity index (χ1n) is 50.0. The van der Waals surface area contributed by atoms with Crippen LogP contribution >= 0.6 is 0 Å². The summed E-state index contributed by atoms with van der Waals surface area (Å²) in [6, 6.07) is 42.9. The molecule has 10 aromatic carbocycles. The molecule has 13 N–H and O–H groups in total. The second-order valence-electron chi connectivity index (χ2n) is 41.0. The fraction of sp³-hybridized carbons (Fsp3) is 0.364. The normalized spacial score (nSPS) is 12.6. The zero-order valence-corrected chi connectivity index (χ0v) is 92.6. The number of H-pyrrole nitrogens is 3. The van der Waals surface area contributed by atoms with E-state index in [1.165, 1.54) is 22.3 Å². The van der Waals surface area contributed by atoms with Crippen LogP contribution in [-0.4, -0.2) is 122 Å². The number of para-hydroxylation sites is 1. The Balaban J connectivity index is 0.000000156. The average molecular weight is 2140 g/mol. The van der Waals surface area contributed by atoms with Gasteiger partial charge in [0, 0.05) is 69.5 Å². The lowest BCUT2D eigenvalue weighted by atomic mass is 9.90. The number of aryl methyl sites for hydroxylation is 7. The Morgan fingerprint density at radius 2 is 0.520 bits per heavy atom. The Morgan fingerprint density at radius 1 is 0.287 bits per heavy atom. The third-order valence-electron chi connectivity index (χ3n) is 26.0. The maximum absolute atomic E-state index is 12.7. The van der Waals surface area contributed by atoms with Gasteiger partial charge >= 0.3 is 30.2 Å². The molecule has 0 bridgehead atoms. The maximum Gasteiger partial charge on any atom is 0.332 e. The number of hydrogen-bond donors (Lipinski definition) is 13. The summed E-state index contributed by atoms with van der Waals surface area (Å²) in [5, 5.41) is 47.1. The van der Waals surface area contributed by atoms with Crippen LogP contribution in [0.2, 0.25) is 0 Å². The molecular weight excluding hydrogens is 2000 g/mol. The van der Waals surface area contributed by atoms with E-state index in [1.807, 2.05) is 198 Å². The third-order valence-corrected chi connectivity index (χ3v) is 32.0. The number of nitrogens with zero attached hydrogens (tertiary/aromatic N) is 7. The summed E-state index contributed by atoms with van der Waals surface area (Å²) < 4.78 is 140. The molecule has 0 saturated carbocycles. The van der Waals surface area contributed by atoms with E-state index in [2.05, 4.69) is 97.1 Å². The minimum atomic E-state index is -3.88. The zero-order valence-electron chi connectivity index (χ0n) is 88.5. The van der Waals surface area contributed by atoms with Crippen LogP contribution in [0.25, 0.3) is 54.5 Å². The zero-order chi connectivity index (χ0) is 109. The minimum absolute atomic E-state index is 0.176. The number of anilines is 5. The summed E-state index contributed by atoms with van der Waals surface area (Å²) in [7, 11) is -15.7. The number of urea groups is 5. The van der Waals surface area contributed by atoms with Gasteiger partial charge in [-0.1, -0.05) is 249 Å². The SMILES string of the molecule is CC(C)c1cccc(C(C)C)c1NC(=O)NS(=O)(=O)Cc1ccc2cn[nH]c2c1.Cc1cc(C(C)C)c(NC(=O)NS(=O)(=O)Cc2ccc3cn[nH]c3c2)c(C(C)C)c1.Cc1cc(C(C)C)c(NC(=O)NS(=O)(=O)Cc2ccc3cnn(C)c3c2)c(C(C)C)c1.Cc1cc(C(C)C)c(NC(=O)NS(=O)(=O)Cc2ccc3cnn(C)c3c2)c(C(C)C)c1.O=C(Nc1c2c(cc3c1CCC3)CCC2)NS(=O)(=O)Cc1ccc2cn[nH]c2c1. The molecule has 0 spiro atoms. The molecule has 0 unspecified atom stereocenters. The molecule has 5 aromatic heterocycles. The number of sulfonamides is 5. The number of aromatic amines is 3. The van der Waals surface area contributed by atoms with E-state index in [9.17, 15) is 66.1 Å². The van der Waals surface area contributed by atoms with Gasteiger partial charge in [0.25, 0.3) is 0 Å². The molecule has 0 aliphatic heterocycles. The molecule has 0 radical (unpaired) electrons. The van der Waals surface area contributed by atoms with Gasteiger partial charge in [-0.05, 0) is 232 Å². The molecule has 2 aliphatic carbocycles. The van der Waals surface area contributed by atoms with Crippen molar-refractivity contribution in [3.8, 4) is 0 Å². The number of carbonyl (C=O) groups excluding carboxylic acids is 5. The van der Waals surface area contributed by atoms with Crippen LogP contribution in [0.1, 0.15) is 282 Å². The van der Waals surface area contributed by atoms with Gasteiger partial charge in [0.05, 0.1) is 87.3 Å². The van der Waals surface area contributed by atoms with Crippen molar-refractivity contribution in [3.63, 3.8) is 0 Å². The van der Waals surface area contributed by atoms with Crippen molar-refractivity contribution < 1.29 is 66.1 Å². The van der Waals surface area contributed by atoms with E-state index in [1.54, 1.807) is 133 Å². The van der Waals surface area contributed by atoms with Crippen LogP contribution in [-0.2, 0) is 119 Å². The van der Waals surface area contributed by atoms with Gasteiger partial charge in [0.2, 0.25) is 50.1 Å². The van der Waals surface area contributed by atoms with Gasteiger partial charge in [0.15, 0.2) is 0 Å². The molecule has 796 valence electrons. The number of nitrogens with one attached hydrogen (secondary N) is 13. The van der Waals surface area contributed by atoms with E-state index in [4.69, 9.17) is 0 Å². The average Bonchev–Trinajstić information content (AvgIpc) is 1.63. The van der Waals surface area contributed by atoms with Crippen LogP contribution in [0.5, 0.6) is 0 Å². The molecule has 10 amide bonds. The first-order chi connectivity index (χ1) is 70.6. The number of carbonyl (C=O) groups is 5. The molecule has 0 saturated heterocycles. The number of rotatable bonds is 28. The molecule has 5 heterocycles. The van der Waals surface area contributed by atoms with Gasteiger partial charge in [-0.25, -0.2) is 89.7 Å². The highest BCUT2D eigenvalue weighted by atomic mass is 32.2. The van der Waals surface area contributed by atoms with E-state index >= 15 is 0 Å². The number of hydrogen-bond acceptors (Lipinski definition) is 20. The molecule has 150 heavy (non-hydrogen) atoms. The molecule has 35 nitrogen and oxygen atoms in total. The Morgan fingerprint density at radius 3 is 0.773 bits per heavy atom. The Bertz CT molecular complexity index is 7860. The summed E-state index contributed by atoms with van der Waals surface area (Å²) in [4.78, 5) is 63.0. The highest BCUT2D eigenvalue weighted by Crippen LogP contribution is 2.42. The fourth-order valence-electron chi connectivity index (χ4n) is 18.8. The monoisotopic (exact) mass is 2140 g/mol. The van der Waals surface area contributed by atoms with Gasteiger partial charge < -0.3 is 26.6 Å². The first kappa shape index (κ1) is 113. The Labute approximate surface area is 877 Å². The van der Waals surface area contributed by atoms with Crippen molar-refractivity contribution in [1.82, 2.24) is 73.8 Å². The smallest absolute Gasteiger partial charge is 0.307 e. The summed E-state index contributed by atoms with van der Waals surface area (Å²) in [6.45, 7) is 38.8. The topological polar surface area (TPSA) is 498 Å². The van der Waals surface area contributed by atoms with Crippen molar-refractivity contribution in [1.29, 1.82) is 0 Å². The number of benzene rings is 10. The van der Waals surface area contributed by atoms with Crippen LogP contribution in [0.3, 0.4) is 0 Å². The van der Waals surface area contributed by atoms with Gasteiger partial charge in [0.1, 0.15) is 0 Å². The number of amides is 10. The first-order valence-corrected chi connectivity index (χ1v) is 58.3. The quantitative estimate of drug-likeness (QED) is 0.0217. The molecule has 40 heteroatoms. The minimum Gasteiger partial charge on any atom is -0.307 e. The molecule has 15 aromatic rings.